The maximum Gasteiger partial charge on any atom is 0.407 e. The Hall–Kier alpha value is -4.01. The van der Waals surface area contributed by atoms with Gasteiger partial charge in [-0.25, -0.2) is 9.59 Å². The molecule has 3 rings (SSSR count). The minimum atomic E-state index is -0.727. The molecule has 0 fully saturated rings. The number of carbonyl (C=O) groups excluding carboxylic acids is 3. The van der Waals surface area contributed by atoms with Crippen LogP contribution >= 0.6 is 0 Å². The lowest BCUT2D eigenvalue weighted by molar-refractivity contribution is -0.121. The fourth-order valence-electron chi connectivity index (χ4n) is 3.69. The molecule has 0 saturated carbocycles. The number of hydrogen-bond acceptors (Lipinski definition) is 6. The van der Waals surface area contributed by atoms with Gasteiger partial charge in [0.25, 0.3) is 0 Å². The average Bonchev–Trinajstić information content (AvgIpc) is 2.86. The number of nitrogens with one attached hydrogen (secondary N) is 4. The van der Waals surface area contributed by atoms with E-state index in [1.165, 1.54) is 0 Å². The van der Waals surface area contributed by atoms with Crippen LogP contribution in [0.3, 0.4) is 0 Å². The van der Waals surface area contributed by atoms with Crippen molar-refractivity contribution in [1.82, 2.24) is 16.0 Å². The molecule has 2 bridgehead atoms. The van der Waals surface area contributed by atoms with Gasteiger partial charge in [-0.1, -0.05) is 54.6 Å². The molecule has 0 unspecified atom stereocenters. The largest absolute Gasteiger partial charge is 0.445 e. The zero-order chi connectivity index (χ0) is 26.7. The molecule has 3 amide bonds. The Morgan fingerprint density at radius 2 is 1.81 bits per heavy atom. The molecule has 0 aromatic heterocycles. The molecule has 198 valence electrons. The van der Waals surface area contributed by atoms with Gasteiger partial charge in [0.05, 0.1) is 12.6 Å². The van der Waals surface area contributed by atoms with Crippen LogP contribution in [0.1, 0.15) is 50.8 Å². The summed E-state index contributed by atoms with van der Waals surface area (Å²) in [5.74, 6) is -0.242. The number of fused-ring (bicyclic) bond motifs is 2. The zero-order valence-corrected chi connectivity index (χ0v) is 21.6. The molecule has 4 N–H and O–H groups in total. The van der Waals surface area contributed by atoms with Crippen LogP contribution in [0.5, 0.6) is 0 Å². The van der Waals surface area contributed by atoms with Crippen molar-refractivity contribution in [1.29, 1.82) is 0 Å². The van der Waals surface area contributed by atoms with E-state index in [1.54, 1.807) is 20.8 Å². The summed E-state index contributed by atoms with van der Waals surface area (Å²) in [5.41, 5.74) is 1.79. The molecule has 9 heteroatoms. The Bertz CT molecular complexity index is 1080. The summed E-state index contributed by atoms with van der Waals surface area (Å²) < 4.78 is 10.7. The maximum absolute atomic E-state index is 12.8. The number of alkyl carbamates (subject to hydrolysis) is 2. The lowest BCUT2D eigenvalue weighted by Gasteiger charge is -2.23. The highest BCUT2D eigenvalue weighted by atomic mass is 16.6. The second-order valence-electron chi connectivity index (χ2n) is 9.75. The molecule has 1 aliphatic heterocycles. The van der Waals surface area contributed by atoms with E-state index in [-0.39, 0.29) is 25.1 Å². The van der Waals surface area contributed by atoms with Gasteiger partial charge < -0.3 is 30.7 Å². The summed E-state index contributed by atoms with van der Waals surface area (Å²) in [6.45, 7) is 5.98. The Kier molecular flexibility index (Phi) is 9.94. The second kappa shape index (κ2) is 13.3. The quantitative estimate of drug-likeness (QED) is 0.444. The standard InChI is InChI=1S/C28H36N4O5/c1-28(2,3)37-26(34)30-18-24-25(33)29-16-9-5-8-15-23(21-13-10-14-22(17-21)31-24)32-27(35)36-19-20-11-6-4-7-12-20/h4-8,10-14,17,23-24,31H,9,15-16,18-19H2,1-3H3,(H,29,33)(H,30,34)(H,32,35)/b8-5-/t23-,24+/m0/s1. The van der Waals surface area contributed by atoms with Gasteiger partial charge in [0, 0.05) is 12.2 Å². The Labute approximate surface area is 218 Å². The van der Waals surface area contributed by atoms with Crippen LogP contribution in [0, 0.1) is 0 Å². The smallest absolute Gasteiger partial charge is 0.407 e. The first-order chi connectivity index (χ1) is 17.7. The van der Waals surface area contributed by atoms with Crippen LogP contribution in [-0.4, -0.2) is 42.8 Å². The van der Waals surface area contributed by atoms with Crippen LogP contribution in [0.4, 0.5) is 15.3 Å². The van der Waals surface area contributed by atoms with Gasteiger partial charge in [0.1, 0.15) is 18.2 Å². The van der Waals surface area contributed by atoms with E-state index < -0.39 is 23.8 Å². The highest BCUT2D eigenvalue weighted by Gasteiger charge is 2.23. The summed E-state index contributed by atoms with van der Waals surface area (Å²) >= 11 is 0. The molecular formula is C28H36N4O5. The molecule has 2 atom stereocenters. The summed E-state index contributed by atoms with van der Waals surface area (Å²) in [7, 11) is 0. The monoisotopic (exact) mass is 508 g/mol. The third-order valence-corrected chi connectivity index (χ3v) is 5.45. The predicted octanol–water partition coefficient (Wildman–Crippen LogP) is 4.43. The van der Waals surface area contributed by atoms with Gasteiger partial charge in [-0.05, 0) is 56.9 Å². The van der Waals surface area contributed by atoms with Crippen molar-refractivity contribution < 1.29 is 23.9 Å². The second-order valence-corrected chi connectivity index (χ2v) is 9.75. The topological polar surface area (TPSA) is 118 Å². The summed E-state index contributed by atoms with van der Waals surface area (Å²) in [5, 5.41) is 11.7. The van der Waals surface area contributed by atoms with Crippen molar-refractivity contribution in [3.8, 4) is 0 Å². The molecule has 2 aromatic carbocycles. The van der Waals surface area contributed by atoms with Crippen LogP contribution in [0.25, 0.3) is 0 Å². The molecule has 9 nitrogen and oxygen atoms in total. The van der Waals surface area contributed by atoms with Gasteiger partial charge in [0.15, 0.2) is 0 Å². The van der Waals surface area contributed by atoms with E-state index >= 15 is 0 Å². The van der Waals surface area contributed by atoms with Crippen molar-refractivity contribution in [2.24, 2.45) is 0 Å². The molecule has 37 heavy (non-hydrogen) atoms. The van der Waals surface area contributed by atoms with Crippen molar-refractivity contribution in [3.05, 3.63) is 77.9 Å². The SMILES string of the molecule is CC(C)(C)OC(=O)NC[C@H]1Nc2cccc(c2)[C@@H](NC(=O)OCc2ccccc2)C/C=C\CCNC1=O. The molecule has 0 aliphatic carbocycles. The molecule has 1 aliphatic rings. The minimum absolute atomic E-state index is 0.0360. The van der Waals surface area contributed by atoms with E-state index in [0.717, 1.165) is 11.1 Å². The highest BCUT2D eigenvalue weighted by molar-refractivity contribution is 5.85. The first-order valence-electron chi connectivity index (χ1n) is 12.4. The molecule has 1 heterocycles. The van der Waals surface area contributed by atoms with Crippen molar-refractivity contribution in [3.63, 3.8) is 0 Å². The van der Waals surface area contributed by atoms with E-state index in [9.17, 15) is 14.4 Å². The Morgan fingerprint density at radius 3 is 2.57 bits per heavy atom. The van der Waals surface area contributed by atoms with E-state index in [4.69, 9.17) is 9.47 Å². The summed E-state index contributed by atoms with van der Waals surface area (Å²) in [4.78, 5) is 37.6. The fourth-order valence-corrected chi connectivity index (χ4v) is 3.69. The molecular weight excluding hydrogens is 472 g/mol. The van der Waals surface area contributed by atoms with E-state index in [2.05, 4.69) is 21.3 Å². The van der Waals surface area contributed by atoms with Gasteiger partial charge in [-0.2, -0.15) is 0 Å². The third kappa shape index (κ3) is 9.87. The van der Waals surface area contributed by atoms with Gasteiger partial charge in [0.2, 0.25) is 5.91 Å². The fraction of sp³-hybridized carbons (Fsp3) is 0.393. The molecule has 0 radical (unpaired) electrons. The summed E-state index contributed by atoms with van der Waals surface area (Å²) in [6, 6.07) is 15.9. The summed E-state index contributed by atoms with van der Waals surface area (Å²) in [6.07, 6.45) is 4.02. The lowest BCUT2D eigenvalue weighted by atomic mass is 10.0. The van der Waals surface area contributed by atoms with Crippen molar-refractivity contribution in [2.45, 2.75) is 57.9 Å². The molecule has 0 saturated heterocycles. The molecule has 2 aromatic rings. The zero-order valence-electron chi connectivity index (χ0n) is 21.6. The number of amides is 3. The Balaban J connectivity index is 1.71. The maximum atomic E-state index is 12.8. The van der Waals surface area contributed by atoms with Gasteiger partial charge in [-0.15, -0.1) is 0 Å². The first-order valence-corrected chi connectivity index (χ1v) is 12.4. The van der Waals surface area contributed by atoms with Gasteiger partial charge >= 0.3 is 12.2 Å². The number of carbonyl (C=O) groups is 3. The lowest BCUT2D eigenvalue weighted by Crippen LogP contribution is -2.48. The number of rotatable bonds is 5. The van der Waals surface area contributed by atoms with Crippen molar-refractivity contribution in [2.75, 3.05) is 18.4 Å². The van der Waals surface area contributed by atoms with Crippen LogP contribution in [0.15, 0.2) is 66.7 Å². The molecule has 0 spiro atoms. The van der Waals surface area contributed by atoms with Crippen LogP contribution in [-0.2, 0) is 20.9 Å². The van der Waals surface area contributed by atoms with Gasteiger partial charge in [-0.3, -0.25) is 4.79 Å². The number of anilines is 1. The Morgan fingerprint density at radius 1 is 1.03 bits per heavy atom. The van der Waals surface area contributed by atoms with E-state index in [1.807, 2.05) is 66.7 Å². The predicted molar refractivity (Wildman–Crippen MR) is 142 cm³/mol. The number of benzene rings is 2. The van der Waals surface area contributed by atoms with E-state index in [0.29, 0.717) is 25.1 Å². The minimum Gasteiger partial charge on any atom is -0.445 e. The number of ether oxygens (including phenoxy) is 2. The first kappa shape index (κ1) is 27.6. The van der Waals surface area contributed by atoms with Crippen molar-refractivity contribution >= 4 is 23.8 Å². The number of hydrogen-bond donors (Lipinski definition) is 4. The van der Waals surface area contributed by atoms with Crippen LogP contribution in [0.2, 0.25) is 0 Å². The average molecular weight is 509 g/mol. The third-order valence-electron chi connectivity index (χ3n) is 5.45. The normalized spacial score (nSPS) is 18.9. The highest BCUT2D eigenvalue weighted by Crippen LogP contribution is 2.22. The van der Waals surface area contributed by atoms with Crippen LogP contribution < -0.4 is 21.3 Å².